The van der Waals surface area contributed by atoms with Crippen molar-refractivity contribution < 1.29 is 14.6 Å². The van der Waals surface area contributed by atoms with E-state index in [1.54, 1.807) is 12.1 Å². The lowest BCUT2D eigenvalue weighted by atomic mass is 10.0. The predicted molar refractivity (Wildman–Crippen MR) is 74.7 cm³/mol. The predicted octanol–water partition coefficient (Wildman–Crippen LogP) is 1.97. The molecule has 2 rings (SSSR count). The summed E-state index contributed by atoms with van der Waals surface area (Å²) in [7, 11) is 0. The van der Waals surface area contributed by atoms with Crippen LogP contribution in [0.1, 0.15) is 30.1 Å². The Hall–Kier alpha value is -1.75. The number of anilines is 2. The largest absolute Gasteiger partial charge is 0.478 e. The minimum atomic E-state index is -0.936. The number of carboxylic acids is 1. The van der Waals surface area contributed by atoms with Crippen LogP contribution in [0.3, 0.4) is 0 Å². The molecule has 19 heavy (non-hydrogen) atoms. The second kappa shape index (κ2) is 5.93. The molecule has 104 valence electrons. The lowest BCUT2D eigenvalue weighted by Gasteiger charge is -2.34. The van der Waals surface area contributed by atoms with Crippen molar-refractivity contribution in [3.63, 3.8) is 0 Å². The van der Waals surface area contributed by atoms with E-state index in [-0.39, 0.29) is 5.56 Å². The average Bonchev–Trinajstić information content (AvgIpc) is 2.40. The molecule has 1 heterocycles. The van der Waals surface area contributed by atoms with E-state index in [0.29, 0.717) is 11.8 Å². The minimum Gasteiger partial charge on any atom is -0.478 e. The lowest BCUT2D eigenvalue weighted by molar-refractivity contribution is 0.0459. The molecule has 0 amide bonds. The van der Waals surface area contributed by atoms with Gasteiger partial charge >= 0.3 is 5.97 Å². The fourth-order valence-corrected chi connectivity index (χ4v) is 2.50. The van der Waals surface area contributed by atoms with E-state index in [4.69, 9.17) is 10.5 Å². The summed E-state index contributed by atoms with van der Waals surface area (Å²) < 4.78 is 5.60. The molecule has 0 aromatic heterocycles. The SMILES string of the molecule is CCOC1CCN(c2ccc(N)cc2C(=O)O)CC1. The van der Waals surface area contributed by atoms with Crippen LogP contribution >= 0.6 is 0 Å². The van der Waals surface area contributed by atoms with E-state index < -0.39 is 5.97 Å². The lowest BCUT2D eigenvalue weighted by Crippen LogP contribution is -2.37. The number of aromatic carboxylic acids is 1. The zero-order valence-corrected chi connectivity index (χ0v) is 11.1. The smallest absolute Gasteiger partial charge is 0.337 e. The van der Waals surface area contributed by atoms with Gasteiger partial charge in [0.25, 0.3) is 0 Å². The van der Waals surface area contributed by atoms with E-state index in [1.165, 1.54) is 6.07 Å². The van der Waals surface area contributed by atoms with Crippen molar-refractivity contribution in [2.75, 3.05) is 30.3 Å². The summed E-state index contributed by atoms with van der Waals surface area (Å²) in [5.74, 6) is -0.936. The van der Waals surface area contributed by atoms with Crippen molar-refractivity contribution >= 4 is 17.3 Å². The van der Waals surface area contributed by atoms with E-state index in [0.717, 1.165) is 38.2 Å². The van der Waals surface area contributed by atoms with Crippen molar-refractivity contribution in [3.05, 3.63) is 23.8 Å². The van der Waals surface area contributed by atoms with Crippen molar-refractivity contribution in [2.24, 2.45) is 0 Å². The maximum absolute atomic E-state index is 11.3. The molecular weight excluding hydrogens is 244 g/mol. The van der Waals surface area contributed by atoms with Gasteiger partial charge in [0.2, 0.25) is 0 Å². The van der Waals surface area contributed by atoms with E-state index in [9.17, 15) is 9.90 Å². The molecular formula is C14H20N2O3. The van der Waals surface area contributed by atoms with Gasteiger partial charge in [0.05, 0.1) is 17.4 Å². The van der Waals surface area contributed by atoms with Crippen LogP contribution in [0.25, 0.3) is 0 Å². The Balaban J connectivity index is 2.13. The first-order valence-corrected chi connectivity index (χ1v) is 6.61. The fraction of sp³-hybridized carbons (Fsp3) is 0.500. The third-order valence-electron chi connectivity index (χ3n) is 3.44. The summed E-state index contributed by atoms with van der Waals surface area (Å²) in [6, 6.07) is 5.06. The first-order valence-electron chi connectivity index (χ1n) is 6.61. The highest BCUT2D eigenvalue weighted by molar-refractivity contribution is 5.95. The van der Waals surface area contributed by atoms with Gasteiger partial charge < -0.3 is 20.5 Å². The Morgan fingerprint density at radius 3 is 2.74 bits per heavy atom. The Kier molecular flexibility index (Phi) is 4.27. The van der Waals surface area contributed by atoms with Crippen molar-refractivity contribution in [3.8, 4) is 0 Å². The molecule has 0 atom stereocenters. The number of nitrogens with zero attached hydrogens (tertiary/aromatic N) is 1. The highest BCUT2D eigenvalue weighted by atomic mass is 16.5. The monoisotopic (exact) mass is 264 g/mol. The third kappa shape index (κ3) is 3.17. The van der Waals surface area contributed by atoms with Crippen LogP contribution in [-0.4, -0.2) is 36.9 Å². The highest BCUT2D eigenvalue weighted by Gasteiger charge is 2.22. The Morgan fingerprint density at radius 1 is 1.47 bits per heavy atom. The highest BCUT2D eigenvalue weighted by Crippen LogP contribution is 2.27. The number of carbonyl (C=O) groups is 1. The van der Waals surface area contributed by atoms with Crippen LogP contribution in [0, 0.1) is 0 Å². The maximum atomic E-state index is 11.3. The summed E-state index contributed by atoms with van der Waals surface area (Å²) in [6.07, 6.45) is 2.15. The number of rotatable bonds is 4. The molecule has 5 nitrogen and oxygen atoms in total. The molecule has 0 aliphatic carbocycles. The number of piperidine rings is 1. The average molecular weight is 264 g/mol. The molecule has 5 heteroatoms. The first kappa shape index (κ1) is 13.7. The topological polar surface area (TPSA) is 75.8 Å². The van der Waals surface area contributed by atoms with Gasteiger partial charge in [-0.25, -0.2) is 4.79 Å². The van der Waals surface area contributed by atoms with E-state index in [1.807, 2.05) is 6.92 Å². The Bertz CT molecular complexity index is 454. The van der Waals surface area contributed by atoms with Gasteiger partial charge in [-0.1, -0.05) is 0 Å². The second-order valence-electron chi connectivity index (χ2n) is 4.72. The summed E-state index contributed by atoms with van der Waals surface area (Å²) in [5, 5.41) is 9.25. The zero-order valence-electron chi connectivity index (χ0n) is 11.1. The molecule has 0 saturated carbocycles. The van der Waals surface area contributed by atoms with Gasteiger partial charge in [-0.05, 0) is 38.0 Å². The van der Waals surface area contributed by atoms with E-state index >= 15 is 0 Å². The van der Waals surface area contributed by atoms with Crippen molar-refractivity contribution in [2.45, 2.75) is 25.9 Å². The molecule has 1 aliphatic heterocycles. The molecule has 1 aliphatic rings. The number of benzene rings is 1. The summed E-state index contributed by atoms with van der Waals surface area (Å²) in [5.41, 5.74) is 7.15. The number of nitrogens with two attached hydrogens (primary N) is 1. The zero-order chi connectivity index (χ0) is 13.8. The summed E-state index contributed by atoms with van der Waals surface area (Å²) in [4.78, 5) is 13.4. The van der Waals surface area contributed by atoms with Crippen LogP contribution < -0.4 is 10.6 Å². The maximum Gasteiger partial charge on any atom is 0.337 e. The van der Waals surface area contributed by atoms with Crippen LogP contribution in [0.4, 0.5) is 11.4 Å². The van der Waals surface area contributed by atoms with Gasteiger partial charge in [0, 0.05) is 25.4 Å². The normalized spacial score (nSPS) is 16.6. The first-order chi connectivity index (χ1) is 9.11. The molecule has 1 aromatic carbocycles. The number of nitrogen functional groups attached to an aromatic ring is 1. The Morgan fingerprint density at radius 2 is 2.16 bits per heavy atom. The van der Waals surface area contributed by atoms with Gasteiger partial charge in [-0.3, -0.25) is 0 Å². The number of carboxylic acid groups (broad SMARTS) is 1. The second-order valence-corrected chi connectivity index (χ2v) is 4.72. The molecule has 0 bridgehead atoms. The molecule has 1 fully saturated rings. The van der Waals surface area contributed by atoms with Crippen molar-refractivity contribution in [1.82, 2.24) is 0 Å². The van der Waals surface area contributed by atoms with E-state index in [2.05, 4.69) is 4.90 Å². The molecule has 0 unspecified atom stereocenters. The van der Waals surface area contributed by atoms with Gasteiger partial charge in [-0.2, -0.15) is 0 Å². The number of ether oxygens (including phenoxy) is 1. The molecule has 1 aromatic rings. The summed E-state index contributed by atoms with van der Waals surface area (Å²) in [6.45, 7) is 4.35. The van der Waals surface area contributed by atoms with Gasteiger partial charge in [0.1, 0.15) is 0 Å². The molecule has 3 N–H and O–H groups in total. The molecule has 0 radical (unpaired) electrons. The van der Waals surface area contributed by atoms with Crippen LogP contribution in [-0.2, 0) is 4.74 Å². The van der Waals surface area contributed by atoms with Gasteiger partial charge in [-0.15, -0.1) is 0 Å². The van der Waals surface area contributed by atoms with Crippen LogP contribution in [0.2, 0.25) is 0 Å². The fourth-order valence-electron chi connectivity index (χ4n) is 2.50. The third-order valence-corrected chi connectivity index (χ3v) is 3.44. The minimum absolute atomic E-state index is 0.273. The standard InChI is InChI=1S/C14H20N2O3/c1-2-19-11-5-7-16(8-6-11)13-4-3-10(15)9-12(13)14(17)18/h3-4,9,11H,2,5-8,15H2,1H3,(H,17,18). The molecule has 0 spiro atoms. The summed E-state index contributed by atoms with van der Waals surface area (Å²) >= 11 is 0. The van der Waals surface area contributed by atoms with Crippen LogP contribution in [0.5, 0.6) is 0 Å². The van der Waals surface area contributed by atoms with Gasteiger partial charge in [0.15, 0.2) is 0 Å². The molecule has 1 saturated heterocycles. The van der Waals surface area contributed by atoms with Crippen molar-refractivity contribution in [1.29, 1.82) is 0 Å². The Labute approximate surface area is 113 Å². The number of hydrogen-bond acceptors (Lipinski definition) is 4. The van der Waals surface area contributed by atoms with Crippen LogP contribution in [0.15, 0.2) is 18.2 Å². The number of hydrogen-bond donors (Lipinski definition) is 2. The quantitative estimate of drug-likeness (QED) is 0.813.